The van der Waals surface area contributed by atoms with E-state index in [2.05, 4.69) is 22.9 Å². The molecule has 3 N–H and O–H groups in total. The molecule has 0 heterocycles. The molecular weight excluding hydrogens is 290 g/mol. The third-order valence-electron chi connectivity index (χ3n) is 5.80. The molecule has 0 aromatic rings. The normalized spacial score (nSPS) is 31.2. The summed E-state index contributed by atoms with van der Waals surface area (Å²) in [6.07, 6.45) is 9.95. The van der Waals surface area contributed by atoms with Gasteiger partial charge in [0.25, 0.3) is 0 Å². The van der Waals surface area contributed by atoms with Crippen molar-refractivity contribution in [1.82, 2.24) is 16.0 Å². The topological polar surface area (TPSA) is 70.2 Å². The van der Waals surface area contributed by atoms with Crippen LogP contribution in [0.3, 0.4) is 0 Å². The lowest BCUT2D eigenvalue weighted by Crippen LogP contribution is -2.46. The molecule has 0 aromatic heterocycles. The molecule has 0 saturated heterocycles. The predicted molar refractivity (Wildman–Crippen MR) is 92.1 cm³/mol. The smallest absolute Gasteiger partial charge is 0.315 e. The zero-order valence-electron chi connectivity index (χ0n) is 14.7. The van der Waals surface area contributed by atoms with Crippen molar-refractivity contribution in [3.05, 3.63) is 0 Å². The van der Waals surface area contributed by atoms with Gasteiger partial charge in [-0.3, -0.25) is 4.79 Å². The van der Waals surface area contributed by atoms with Crippen LogP contribution in [0.1, 0.15) is 64.7 Å². The van der Waals surface area contributed by atoms with Gasteiger partial charge in [0, 0.05) is 25.6 Å². The maximum atomic E-state index is 12.1. The van der Waals surface area contributed by atoms with E-state index in [-0.39, 0.29) is 23.9 Å². The summed E-state index contributed by atoms with van der Waals surface area (Å²) >= 11 is 0. The number of carbonyl (C=O) groups excluding carboxylic acids is 2. The van der Waals surface area contributed by atoms with Crippen molar-refractivity contribution in [3.63, 3.8) is 0 Å². The SMILES string of the molecule is CCC1CCCCC1CNC(=O)NC1CCC(C(=O)NC)CC1. The third-order valence-corrected chi connectivity index (χ3v) is 5.80. The molecule has 2 rings (SSSR count). The molecule has 0 bridgehead atoms. The minimum Gasteiger partial charge on any atom is -0.359 e. The number of carbonyl (C=O) groups is 2. The van der Waals surface area contributed by atoms with Crippen molar-refractivity contribution in [3.8, 4) is 0 Å². The molecule has 23 heavy (non-hydrogen) atoms. The van der Waals surface area contributed by atoms with E-state index in [9.17, 15) is 9.59 Å². The van der Waals surface area contributed by atoms with E-state index < -0.39 is 0 Å². The maximum absolute atomic E-state index is 12.1. The van der Waals surface area contributed by atoms with E-state index in [0.717, 1.165) is 38.1 Å². The number of rotatable bonds is 5. The number of urea groups is 1. The summed E-state index contributed by atoms with van der Waals surface area (Å²) in [5.41, 5.74) is 0. The lowest BCUT2D eigenvalue weighted by atomic mass is 9.78. The van der Waals surface area contributed by atoms with Crippen LogP contribution in [0.5, 0.6) is 0 Å². The van der Waals surface area contributed by atoms with E-state index in [1.807, 2.05) is 0 Å². The van der Waals surface area contributed by atoms with E-state index >= 15 is 0 Å². The molecule has 2 atom stereocenters. The van der Waals surface area contributed by atoms with Gasteiger partial charge in [0.15, 0.2) is 0 Å². The highest BCUT2D eigenvalue weighted by atomic mass is 16.2. The zero-order chi connectivity index (χ0) is 16.7. The van der Waals surface area contributed by atoms with E-state index in [4.69, 9.17) is 0 Å². The highest BCUT2D eigenvalue weighted by Gasteiger charge is 2.27. The van der Waals surface area contributed by atoms with Gasteiger partial charge in [0.05, 0.1) is 0 Å². The van der Waals surface area contributed by atoms with Crippen LogP contribution in [-0.2, 0) is 4.79 Å². The summed E-state index contributed by atoms with van der Waals surface area (Å²) in [5.74, 6) is 1.67. The van der Waals surface area contributed by atoms with Crippen LogP contribution < -0.4 is 16.0 Å². The fourth-order valence-electron chi connectivity index (χ4n) is 4.25. The van der Waals surface area contributed by atoms with E-state index in [0.29, 0.717) is 5.92 Å². The number of nitrogens with one attached hydrogen (secondary N) is 3. The molecule has 2 saturated carbocycles. The minimum atomic E-state index is -0.0335. The molecule has 2 unspecified atom stereocenters. The maximum Gasteiger partial charge on any atom is 0.315 e. The van der Waals surface area contributed by atoms with Crippen molar-refractivity contribution in [2.75, 3.05) is 13.6 Å². The molecule has 132 valence electrons. The summed E-state index contributed by atoms with van der Waals surface area (Å²) in [6.45, 7) is 3.06. The predicted octanol–water partition coefficient (Wildman–Crippen LogP) is 2.81. The average molecular weight is 323 g/mol. The molecular formula is C18H33N3O2. The second-order valence-corrected chi connectivity index (χ2v) is 7.23. The molecule has 3 amide bonds. The van der Waals surface area contributed by atoms with Gasteiger partial charge in [-0.25, -0.2) is 4.79 Å². The highest BCUT2D eigenvalue weighted by molar-refractivity contribution is 5.78. The van der Waals surface area contributed by atoms with Crippen LogP contribution in [0, 0.1) is 17.8 Å². The number of hydrogen-bond donors (Lipinski definition) is 3. The van der Waals surface area contributed by atoms with Gasteiger partial charge < -0.3 is 16.0 Å². The number of amides is 3. The standard InChI is InChI=1S/C18H33N3O2/c1-3-13-6-4-5-7-15(13)12-20-18(23)21-16-10-8-14(9-11-16)17(22)19-2/h13-16H,3-12H2,1-2H3,(H,19,22)(H2,20,21,23). The van der Waals surface area contributed by atoms with Gasteiger partial charge in [0.1, 0.15) is 0 Å². The molecule has 5 heteroatoms. The van der Waals surface area contributed by atoms with Gasteiger partial charge in [0.2, 0.25) is 5.91 Å². The fraction of sp³-hybridized carbons (Fsp3) is 0.889. The first-order valence-corrected chi connectivity index (χ1v) is 9.40. The van der Waals surface area contributed by atoms with Crippen molar-refractivity contribution >= 4 is 11.9 Å². The molecule has 0 aliphatic heterocycles. The second kappa shape index (κ2) is 9.14. The quantitative estimate of drug-likeness (QED) is 0.728. The number of hydrogen-bond acceptors (Lipinski definition) is 2. The molecule has 0 aromatic carbocycles. The van der Waals surface area contributed by atoms with Gasteiger partial charge in [-0.2, -0.15) is 0 Å². The summed E-state index contributed by atoms with van der Waals surface area (Å²) in [5, 5.41) is 8.88. The Balaban J connectivity index is 1.66. The van der Waals surface area contributed by atoms with Crippen LogP contribution in [-0.4, -0.2) is 31.6 Å². The van der Waals surface area contributed by atoms with Crippen LogP contribution in [0.4, 0.5) is 4.79 Å². The largest absolute Gasteiger partial charge is 0.359 e. The van der Waals surface area contributed by atoms with Gasteiger partial charge in [-0.05, 0) is 43.9 Å². The molecule has 5 nitrogen and oxygen atoms in total. The summed E-state index contributed by atoms with van der Waals surface area (Å²) < 4.78 is 0. The lowest BCUT2D eigenvalue weighted by Gasteiger charge is -2.32. The Morgan fingerprint density at radius 3 is 2.22 bits per heavy atom. The van der Waals surface area contributed by atoms with E-state index in [1.54, 1.807) is 7.05 Å². The Hall–Kier alpha value is -1.26. The van der Waals surface area contributed by atoms with Gasteiger partial charge >= 0.3 is 6.03 Å². The van der Waals surface area contributed by atoms with E-state index in [1.165, 1.54) is 32.1 Å². The first kappa shape index (κ1) is 18.1. The zero-order valence-corrected chi connectivity index (χ0v) is 14.7. The average Bonchev–Trinajstić information content (AvgIpc) is 2.60. The van der Waals surface area contributed by atoms with Crippen LogP contribution in [0.25, 0.3) is 0 Å². The monoisotopic (exact) mass is 323 g/mol. The van der Waals surface area contributed by atoms with Gasteiger partial charge in [-0.15, -0.1) is 0 Å². The summed E-state index contributed by atoms with van der Waals surface area (Å²) in [6, 6.07) is 0.179. The van der Waals surface area contributed by atoms with Crippen molar-refractivity contribution in [1.29, 1.82) is 0 Å². The Kier molecular flexibility index (Phi) is 7.18. The minimum absolute atomic E-state index is 0.0335. The lowest BCUT2D eigenvalue weighted by molar-refractivity contribution is -0.125. The molecule has 0 spiro atoms. The molecule has 2 fully saturated rings. The van der Waals surface area contributed by atoms with Crippen molar-refractivity contribution in [2.24, 2.45) is 17.8 Å². The van der Waals surface area contributed by atoms with Crippen LogP contribution in [0.2, 0.25) is 0 Å². The Bertz CT molecular complexity index is 392. The Morgan fingerprint density at radius 2 is 1.61 bits per heavy atom. The molecule has 0 radical (unpaired) electrons. The summed E-state index contributed by atoms with van der Waals surface area (Å²) in [7, 11) is 1.69. The fourth-order valence-corrected chi connectivity index (χ4v) is 4.25. The third kappa shape index (κ3) is 5.40. The van der Waals surface area contributed by atoms with Crippen LogP contribution >= 0.6 is 0 Å². The summed E-state index contributed by atoms with van der Waals surface area (Å²) in [4.78, 5) is 23.7. The first-order chi connectivity index (χ1) is 11.1. The highest BCUT2D eigenvalue weighted by Crippen LogP contribution is 2.31. The molecule has 2 aliphatic rings. The Morgan fingerprint density at radius 1 is 0.957 bits per heavy atom. The van der Waals surface area contributed by atoms with Crippen molar-refractivity contribution < 1.29 is 9.59 Å². The Labute approximate surface area is 140 Å². The molecule has 2 aliphatic carbocycles. The van der Waals surface area contributed by atoms with Gasteiger partial charge in [-0.1, -0.05) is 32.6 Å². The first-order valence-electron chi connectivity index (χ1n) is 9.40. The van der Waals surface area contributed by atoms with Crippen LogP contribution in [0.15, 0.2) is 0 Å². The van der Waals surface area contributed by atoms with Crippen molar-refractivity contribution in [2.45, 2.75) is 70.8 Å². The second-order valence-electron chi connectivity index (χ2n) is 7.23.